The van der Waals surface area contributed by atoms with Gasteiger partial charge in [-0.3, -0.25) is 14.9 Å². The average molecular weight is 589 g/mol. The third kappa shape index (κ3) is 6.59. The van der Waals surface area contributed by atoms with E-state index in [0.29, 0.717) is 37.7 Å². The van der Waals surface area contributed by atoms with Crippen LogP contribution in [0.4, 0.5) is 22.0 Å². The largest absolute Gasteiger partial charge is 0.407 e. The van der Waals surface area contributed by atoms with Crippen LogP contribution in [0.2, 0.25) is 0 Å². The van der Waals surface area contributed by atoms with Gasteiger partial charge in [0.05, 0.1) is 23.6 Å². The average Bonchev–Trinajstić information content (AvgIpc) is 3.82. The van der Waals surface area contributed by atoms with Crippen molar-refractivity contribution >= 4 is 11.8 Å². The van der Waals surface area contributed by atoms with Crippen molar-refractivity contribution in [2.45, 2.75) is 99.5 Å². The van der Waals surface area contributed by atoms with Crippen LogP contribution in [0.15, 0.2) is 48.5 Å². The van der Waals surface area contributed by atoms with E-state index < -0.39 is 59.4 Å². The van der Waals surface area contributed by atoms with Crippen LogP contribution in [0.1, 0.15) is 69.5 Å². The molecule has 0 radical (unpaired) electrons. The summed E-state index contributed by atoms with van der Waals surface area (Å²) in [6.45, 7) is 2.36. The van der Waals surface area contributed by atoms with E-state index in [9.17, 15) is 36.8 Å². The first-order valence-electron chi connectivity index (χ1n) is 14.1. The summed E-state index contributed by atoms with van der Waals surface area (Å²) in [6, 6.07) is 10.6. The molecule has 11 heteroatoms. The Morgan fingerprint density at radius 2 is 1.52 bits per heavy atom. The van der Waals surface area contributed by atoms with E-state index in [1.165, 1.54) is 38.1 Å². The minimum absolute atomic E-state index is 0.154. The van der Waals surface area contributed by atoms with Crippen LogP contribution in [0.5, 0.6) is 0 Å². The number of alkyl halides is 5. The number of rotatable bonds is 11. The van der Waals surface area contributed by atoms with Crippen molar-refractivity contribution in [2.24, 2.45) is 0 Å². The lowest BCUT2D eigenvalue weighted by molar-refractivity contribution is -0.161. The number of hydrogen-bond acceptors (Lipinski definition) is 4. The van der Waals surface area contributed by atoms with Crippen LogP contribution in [0, 0.1) is 11.3 Å². The van der Waals surface area contributed by atoms with Crippen molar-refractivity contribution in [3.63, 3.8) is 0 Å². The molecule has 3 aliphatic rings. The predicted molar refractivity (Wildman–Crippen MR) is 145 cm³/mol. The summed E-state index contributed by atoms with van der Waals surface area (Å²) in [7, 11) is 0. The highest BCUT2D eigenvalue weighted by molar-refractivity contribution is 5.92. The van der Waals surface area contributed by atoms with Gasteiger partial charge in [0.1, 0.15) is 23.4 Å². The summed E-state index contributed by atoms with van der Waals surface area (Å²) < 4.78 is 70.5. The molecule has 4 atom stereocenters. The Morgan fingerprint density at radius 3 is 1.95 bits per heavy atom. The van der Waals surface area contributed by atoms with E-state index in [-0.39, 0.29) is 11.5 Å². The molecule has 0 bridgehead atoms. The van der Waals surface area contributed by atoms with E-state index in [1.807, 2.05) is 18.2 Å². The van der Waals surface area contributed by atoms with Crippen LogP contribution in [0.25, 0.3) is 11.1 Å². The summed E-state index contributed by atoms with van der Waals surface area (Å²) in [5, 5.41) is 16.8. The van der Waals surface area contributed by atoms with Crippen molar-refractivity contribution < 1.29 is 31.5 Å². The fraction of sp³-hybridized carbons (Fsp3) is 0.516. The number of carbonyl (C=O) groups is 2. The molecule has 0 spiro atoms. The highest BCUT2D eigenvalue weighted by Gasteiger charge is 2.53. The zero-order valence-corrected chi connectivity index (χ0v) is 23.3. The third-order valence-corrected chi connectivity index (χ3v) is 8.26. The normalized spacial score (nSPS) is 23.2. The topological polar surface area (TPSA) is 94.0 Å². The predicted octanol–water partition coefficient (Wildman–Crippen LogP) is 5.48. The van der Waals surface area contributed by atoms with E-state index in [0.717, 1.165) is 11.1 Å². The number of nitrogens with zero attached hydrogens (tertiary/aromatic N) is 1. The minimum atomic E-state index is -4.80. The first-order chi connectivity index (χ1) is 19.6. The van der Waals surface area contributed by atoms with Crippen molar-refractivity contribution in [3.8, 4) is 17.2 Å². The van der Waals surface area contributed by atoms with Crippen LogP contribution in [-0.2, 0) is 15.0 Å². The third-order valence-electron chi connectivity index (χ3n) is 8.26. The lowest BCUT2D eigenvalue weighted by Gasteiger charge is -2.30. The number of nitriles is 1. The van der Waals surface area contributed by atoms with Gasteiger partial charge in [-0.2, -0.15) is 18.4 Å². The van der Waals surface area contributed by atoms with E-state index in [2.05, 4.69) is 16.0 Å². The Morgan fingerprint density at radius 1 is 0.976 bits per heavy atom. The van der Waals surface area contributed by atoms with Crippen molar-refractivity contribution in [1.29, 1.82) is 5.26 Å². The summed E-state index contributed by atoms with van der Waals surface area (Å²) in [6.07, 6.45) is -3.86. The number of carbonyl (C=O) groups excluding carboxylic acids is 2. The quantitative estimate of drug-likeness (QED) is 0.303. The SMILES string of the molecule is CC(C)(F)C[C@H](N[C@@H](c1ccc(-c2ccc(C3(C(=O)NC4CC4F)CC3)cc2)cc1)C(F)(F)F)C(=O)NC1(C#N)CC1. The van der Waals surface area contributed by atoms with E-state index >= 15 is 0 Å². The van der Waals surface area contributed by atoms with Gasteiger partial charge in [-0.15, -0.1) is 0 Å². The minimum Gasteiger partial charge on any atom is -0.350 e. The molecule has 0 saturated heterocycles. The van der Waals surface area contributed by atoms with Gasteiger partial charge < -0.3 is 10.6 Å². The molecule has 2 amide bonds. The molecular formula is C31H33F5N4O2. The molecule has 42 heavy (non-hydrogen) atoms. The molecule has 3 fully saturated rings. The van der Waals surface area contributed by atoms with Gasteiger partial charge in [0.15, 0.2) is 0 Å². The lowest BCUT2D eigenvalue weighted by atomic mass is 9.92. The molecule has 5 rings (SSSR count). The van der Waals surface area contributed by atoms with Crippen molar-refractivity contribution in [2.75, 3.05) is 0 Å². The molecule has 0 heterocycles. The number of hydrogen-bond donors (Lipinski definition) is 3. The Balaban J connectivity index is 1.31. The highest BCUT2D eigenvalue weighted by Crippen LogP contribution is 2.49. The van der Waals surface area contributed by atoms with Crippen molar-refractivity contribution in [3.05, 3.63) is 59.7 Å². The molecule has 3 saturated carbocycles. The lowest BCUT2D eigenvalue weighted by Crippen LogP contribution is -2.53. The zero-order valence-electron chi connectivity index (χ0n) is 23.3. The monoisotopic (exact) mass is 588 g/mol. The second-order valence-corrected chi connectivity index (χ2v) is 12.4. The van der Waals surface area contributed by atoms with Gasteiger partial charge in [0.25, 0.3) is 0 Å². The Bertz CT molecular complexity index is 1370. The zero-order chi connectivity index (χ0) is 30.5. The van der Waals surface area contributed by atoms with Gasteiger partial charge in [-0.25, -0.2) is 8.78 Å². The maximum absolute atomic E-state index is 14.5. The molecule has 2 aromatic rings. The molecule has 2 unspecified atom stereocenters. The van der Waals surface area contributed by atoms with Crippen LogP contribution >= 0.6 is 0 Å². The molecule has 3 aliphatic carbocycles. The van der Waals surface area contributed by atoms with Crippen LogP contribution < -0.4 is 16.0 Å². The molecule has 6 nitrogen and oxygen atoms in total. The Labute approximate surface area is 241 Å². The maximum atomic E-state index is 14.5. The number of nitrogens with one attached hydrogen (secondary N) is 3. The summed E-state index contributed by atoms with van der Waals surface area (Å²) >= 11 is 0. The number of benzene rings is 2. The molecule has 224 valence electrons. The molecule has 3 N–H and O–H groups in total. The first kappa shape index (κ1) is 30.0. The Hall–Kier alpha value is -3.52. The number of halogens is 5. The van der Waals surface area contributed by atoms with Crippen molar-refractivity contribution in [1.82, 2.24) is 16.0 Å². The highest BCUT2D eigenvalue weighted by atomic mass is 19.4. The summed E-state index contributed by atoms with van der Waals surface area (Å²) in [5.41, 5.74) is -1.70. The fourth-order valence-electron chi connectivity index (χ4n) is 5.25. The summed E-state index contributed by atoms with van der Waals surface area (Å²) in [4.78, 5) is 25.6. The molecular weight excluding hydrogens is 555 g/mol. The van der Waals surface area contributed by atoms with Gasteiger partial charge >= 0.3 is 6.18 Å². The van der Waals surface area contributed by atoms with Crippen LogP contribution in [-0.4, -0.2) is 47.5 Å². The fourth-order valence-corrected chi connectivity index (χ4v) is 5.25. The maximum Gasteiger partial charge on any atom is 0.407 e. The molecule has 2 aromatic carbocycles. The van der Waals surface area contributed by atoms with E-state index in [4.69, 9.17) is 0 Å². The van der Waals surface area contributed by atoms with Gasteiger partial charge in [-0.1, -0.05) is 48.5 Å². The first-order valence-corrected chi connectivity index (χ1v) is 14.1. The molecule has 0 aromatic heterocycles. The molecule has 0 aliphatic heterocycles. The van der Waals surface area contributed by atoms with Gasteiger partial charge in [0, 0.05) is 12.8 Å². The second kappa shape index (κ2) is 10.6. The second-order valence-electron chi connectivity index (χ2n) is 12.4. The van der Waals surface area contributed by atoms with E-state index in [1.54, 1.807) is 12.1 Å². The van der Waals surface area contributed by atoms with Gasteiger partial charge in [0.2, 0.25) is 11.8 Å². The standard InChI is InChI=1S/C31H33F5N4O2/c1-28(2,33)16-24(26(41)40-29(17-37)11-12-29)38-25(31(34,35)36)20-5-3-18(4-6-20)19-7-9-21(10-8-19)30(13-14-30)27(42)39-23-15-22(23)32/h3-10,22-25,38H,11-16H2,1-2H3,(H,39,42)(H,40,41)/t22?,23?,24-,25-/m0/s1. The Kier molecular flexibility index (Phi) is 7.59. The van der Waals surface area contributed by atoms with Gasteiger partial charge in [-0.05, 0) is 61.8 Å². The van der Waals surface area contributed by atoms with Crippen LogP contribution in [0.3, 0.4) is 0 Å². The number of amides is 2. The summed E-state index contributed by atoms with van der Waals surface area (Å²) in [5.74, 6) is -1.03. The smallest absolute Gasteiger partial charge is 0.350 e.